The average Bonchev–Trinajstić information content (AvgIpc) is 2.98. The molecular weight excluding hydrogens is 335 g/mol. The summed E-state index contributed by atoms with van der Waals surface area (Å²) in [4.78, 5) is 11.5. The summed E-state index contributed by atoms with van der Waals surface area (Å²) < 4.78 is 42.9. The second-order valence-electron chi connectivity index (χ2n) is 6.48. The van der Waals surface area contributed by atoms with Crippen molar-refractivity contribution in [2.45, 2.75) is 57.3 Å². The Hall–Kier alpha value is -2.25. The number of fused-ring (bicyclic) bond motifs is 1. The first-order valence-corrected chi connectivity index (χ1v) is 8.27. The summed E-state index contributed by atoms with van der Waals surface area (Å²) in [5, 5.41) is 10.4. The molecule has 1 aliphatic rings. The van der Waals surface area contributed by atoms with Crippen molar-refractivity contribution in [3.05, 3.63) is 23.9 Å². The summed E-state index contributed by atoms with van der Waals surface area (Å²) in [5.74, 6) is -0.240. The van der Waals surface area contributed by atoms with E-state index in [4.69, 9.17) is 4.74 Å². The van der Waals surface area contributed by atoms with E-state index in [1.165, 1.54) is 0 Å². The van der Waals surface area contributed by atoms with E-state index in [1.807, 2.05) is 19.1 Å². The highest BCUT2D eigenvalue weighted by Crippen LogP contribution is 2.30. The van der Waals surface area contributed by atoms with Gasteiger partial charge in [0.15, 0.2) is 0 Å². The second-order valence-corrected chi connectivity index (χ2v) is 6.48. The van der Waals surface area contributed by atoms with Crippen molar-refractivity contribution in [1.29, 1.82) is 0 Å². The summed E-state index contributed by atoms with van der Waals surface area (Å²) >= 11 is 0. The SMILES string of the molecule is Cc1c(O[C@H]2CCC[C@@H](NC(=O)CC(F)(F)F)C2)ccc2[nH]ncc12. The van der Waals surface area contributed by atoms with Gasteiger partial charge in [0.05, 0.1) is 11.7 Å². The number of hydrogen-bond acceptors (Lipinski definition) is 3. The number of benzene rings is 1. The molecule has 8 heteroatoms. The van der Waals surface area contributed by atoms with Gasteiger partial charge >= 0.3 is 6.18 Å². The Kier molecular flexibility index (Phi) is 4.87. The van der Waals surface area contributed by atoms with Crippen LogP contribution in [-0.2, 0) is 4.79 Å². The average molecular weight is 355 g/mol. The highest BCUT2D eigenvalue weighted by Gasteiger charge is 2.33. The molecule has 0 saturated heterocycles. The van der Waals surface area contributed by atoms with E-state index in [9.17, 15) is 18.0 Å². The predicted octanol–water partition coefficient (Wildman–Crippen LogP) is 3.63. The summed E-state index contributed by atoms with van der Waals surface area (Å²) in [6.07, 6.45) is -1.53. The fourth-order valence-electron chi connectivity index (χ4n) is 3.29. The van der Waals surface area contributed by atoms with Crippen LogP contribution in [0.5, 0.6) is 5.75 Å². The Morgan fingerprint density at radius 2 is 2.20 bits per heavy atom. The highest BCUT2D eigenvalue weighted by molar-refractivity contribution is 5.83. The van der Waals surface area contributed by atoms with Crippen LogP contribution in [0.25, 0.3) is 10.9 Å². The monoisotopic (exact) mass is 355 g/mol. The van der Waals surface area contributed by atoms with Gasteiger partial charge in [-0.3, -0.25) is 9.89 Å². The lowest BCUT2D eigenvalue weighted by atomic mass is 9.92. The molecule has 0 bridgehead atoms. The minimum absolute atomic E-state index is 0.131. The van der Waals surface area contributed by atoms with E-state index in [0.29, 0.717) is 12.8 Å². The molecule has 1 aliphatic carbocycles. The molecule has 2 aromatic rings. The van der Waals surface area contributed by atoms with Gasteiger partial charge in [0.25, 0.3) is 0 Å². The molecule has 0 spiro atoms. The number of nitrogens with one attached hydrogen (secondary N) is 2. The van der Waals surface area contributed by atoms with Gasteiger partial charge in [-0.05, 0) is 38.3 Å². The topological polar surface area (TPSA) is 67.0 Å². The van der Waals surface area contributed by atoms with E-state index >= 15 is 0 Å². The zero-order valence-corrected chi connectivity index (χ0v) is 13.8. The van der Waals surface area contributed by atoms with Crippen LogP contribution in [0.1, 0.15) is 37.7 Å². The second kappa shape index (κ2) is 6.93. The van der Waals surface area contributed by atoms with Crippen molar-refractivity contribution in [3.63, 3.8) is 0 Å². The molecule has 1 amide bonds. The number of H-pyrrole nitrogens is 1. The molecule has 2 N–H and O–H groups in total. The van der Waals surface area contributed by atoms with Crippen LogP contribution in [0.4, 0.5) is 13.2 Å². The van der Waals surface area contributed by atoms with Crippen molar-refractivity contribution in [1.82, 2.24) is 15.5 Å². The van der Waals surface area contributed by atoms with Crippen LogP contribution in [0.3, 0.4) is 0 Å². The smallest absolute Gasteiger partial charge is 0.397 e. The van der Waals surface area contributed by atoms with Gasteiger partial charge in [-0.25, -0.2) is 0 Å². The number of alkyl halides is 3. The largest absolute Gasteiger partial charge is 0.490 e. The van der Waals surface area contributed by atoms with Crippen molar-refractivity contribution in [2.75, 3.05) is 0 Å². The third kappa shape index (κ3) is 4.43. The number of ether oxygens (including phenoxy) is 1. The van der Waals surface area contributed by atoms with E-state index in [-0.39, 0.29) is 12.1 Å². The predicted molar refractivity (Wildman–Crippen MR) is 86.3 cm³/mol. The number of hydrogen-bond donors (Lipinski definition) is 2. The van der Waals surface area contributed by atoms with Gasteiger partial charge in [-0.15, -0.1) is 0 Å². The van der Waals surface area contributed by atoms with Gasteiger partial charge in [0.1, 0.15) is 18.3 Å². The third-order valence-corrected chi connectivity index (χ3v) is 4.49. The van der Waals surface area contributed by atoms with Crippen molar-refractivity contribution < 1.29 is 22.7 Å². The Balaban J connectivity index is 1.61. The van der Waals surface area contributed by atoms with Crippen LogP contribution in [-0.4, -0.2) is 34.4 Å². The highest BCUT2D eigenvalue weighted by atomic mass is 19.4. The number of halogens is 3. The lowest BCUT2D eigenvalue weighted by molar-refractivity contribution is -0.154. The number of aromatic amines is 1. The maximum Gasteiger partial charge on any atom is 0.397 e. The number of carbonyl (C=O) groups is 1. The van der Waals surface area contributed by atoms with Crippen LogP contribution in [0, 0.1) is 6.92 Å². The normalized spacial score (nSPS) is 21.3. The number of nitrogens with zero attached hydrogens (tertiary/aromatic N) is 1. The van der Waals surface area contributed by atoms with Crippen LogP contribution >= 0.6 is 0 Å². The number of aryl methyl sites for hydroxylation is 1. The number of carbonyl (C=O) groups excluding carboxylic acids is 1. The molecule has 1 fully saturated rings. The number of aromatic nitrogens is 2. The standard InChI is InChI=1S/C17H20F3N3O2/c1-10-13-9-21-23-14(13)5-6-15(10)25-12-4-2-3-11(7-12)22-16(24)8-17(18,19)20/h5-6,9,11-12H,2-4,7-8H2,1H3,(H,21,23)(H,22,24)/t11-,12+/m1/s1. The molecule has 2 atom stereocenters. The minimum Gasteiger partial charge on any atom is -0.490 e. The van der Waals surface area contributed by atoms with Crippen molar-refractivity contribution >= 4 is 16.8 Å². The molecule has 0 unspecified atom stereocenters. The maximum atomic E-state index is 12.3. The molecule has 1 aromatic carbocycles. The lowest BCUT2D eigenvalue weighted by Crippen LogP contribution is -2.42. The Labute approximate surface area is 142 Å². The lowest BCUT2D eigenvalue weighted by Gasteiger charge is -2.30. The van der Waals surface area contributed by atoms with Gasteiger partial charge in [0.2, 0.25) is 5.91 Å². The number of rotatable bonds is 4. The molecular formula is C17H20F3N3O2. The molecule has 1 heterocycles. The molecule has 3 rings (SSSR count). The fraction of sp³-hybridized carbons (Fsp3) is 0.529. The zero-order valence-electron chi connectivity index (χ0n) is 13.8. The first-order valence-electron chi connectivity index (χ1n) is 8.27. The Morgan fingerprint density at radius 1 is 1.40 bits per heavy atom. The summed E-state index contributed by atoms with van der Waals surface area (Å²) in [6.45, 7) is 1.94. The molecule has 1 aromatic heterocycles. The molecule has 5 nitrogen and oxygen atoms in total. The van der Waals surface area contributed by atoms with Crippen molar-refractivity contribution in [2.24, 2.45) is 0 Å². The van der Waals surface area contributed by atoms with E-state index in [0.717, 1.165) is 35.1 Å². The van der Waals surface area contributed by atoms with Crippen LogP contribution in [0.2, 0.25) is 0 Å². The van der Waals surface area contributed by atoms with Gasteiger partial charge in [-0.2, -0.15) is 18.3 Å². The Bertz CT molecular complexity index is 757. The first kappa shape index (κ1) is 17.6. The Morgan fingerprint density at radius 3 is 2.96 bits per heavy atom. The fourth-order valence-corrected chi connectivity index (χ4v) is 3.29. The third-order valence-electron chi connectivity index (χ3n) is 4.49. The van der Waals surface area contributed by atoms with Crippen LogP contribution < -0.4 is 10.1 Å². The summed E-state index contributed by atoms with van der Waals surface area (Å²) in [6, 6.07) is 3.46. The molecule has 1 saturated carbocycles. The van der Waals surface area contributed by atoms with E-state index in [1.54, 1.807) is 6.20 Å². The zero-order chi connectivity index (χ0) is 18.0. The van der Waals surface area contributed by atoms with Gasteiger partial charge < -0.3 is 10.1 Å². The van der Waals surface area contributed by atoms with E-state index in [2.05, 4.69) is 15.5 Å². The molecule has 136 valence electrons. The maximum absolute atomic E-state index is 12.3. The summed E-state index contributed by atoms with van der Waals surface area (Å²) in [7, 11) is 0. The van der Waals surface area contributed by atoms with Crippen molar-refractivity contribution in [3.8, 4) is 5.75 Å². The van der Waals surface area contributed by atoms with Gasteiger partial charge in [-0.1, -0.05) is 0 Å². The quantitative estimate of drug-likeness (QED) is 0.880. The first-order chi connectivity index (χ1) is 11.8. The van der Waals surface area contributed by atoms with Crippen LogP contribution in [0.15, 0.2) is 18.3 Å². The van der Waals surface area contributed by atoms with E-state index < -0.39 is 18.5 Å². The van der Waals surface area contributed by atoms with Gasteiger partial charge in [0, 0.05) is 23.4 Å². The molecule has 0 aliphatic heterocycles. The summed E-state index contributed by atoms with van der Waals surface area (Å²) in [5.41, 5.74) is 1.89. The minimum atomic E-state index is -4.48. The molecule has 25 heavy (non-hydrogen) atoms. The molecule has 0 radical (unpaired) electrons. The number of amides is 1.